The predicted molar refractivity (Wildman–Crippen MR) is 52.6 cm³/mol. The molecule has 0 aliphatic carbocycles. The lowest BCUT2D eigenvalue weighted by molar-refractivity contribution is 0.610. The van der Waals surface area contributed by atoms with Crippen LogP contribution in [0.25, 0.3) is 0 Å². The first-order valence-electron chi connectivity index (χ1n) is 4.07. The van der Waals surface area contributed by atoms with Crippen LogP contribution in [0.4, 0.5) is 0 Å². The van der Waals surface area contributed by atoms with Crippen molar-refractivity contribution in [2.45, 2.75) is 13.5 Å². The fourth-order valence-electron chi connectivity index (χ4n) is 1.15. The Labute approximate surface area is 89.0 Å². The Morgan fingerprint density at radius 2 is 2.29 bits per heavy atom. The molecule has 0 unspecified atom stereocenters. The largest absolute Gasteiger partial charge is 0.274 e. The second-order valence-corrected chi connectivity index (χ2v) is 3.84. The molecule has 0 fully saturated rings. The number of aryl methyl sites for hydroxylation is 2. The van der Waals surface area contributed by atoms with Gasteiger partial charge in [0.2, 0.25) is 0 Å². The van der Waals surface area contributed by atoms with Crippen LogP contribution in [0.5, 0.6) is 0 Å². The summed E-state index contributed by atoms with van der Waals surface area (Å²) in [7, 11) is 1.88. The van der Waals surface area contributed by atoms with E-state index >= 15 is 0 Å². The maximum absolute atomic E-state index is 4.28. The number of tetrazole rings is 1. The molecule has 0 saturated heterocycles. The molecule has 2 rings (SSSR count). The Balaban J connectivity index is 2.27. The van der Waals surface area contributed by atoms with Crippen LogP contribution >= 0.6 is 15.9 Å². The first kappa shape index (κ1) is 9.32. The lowest BCUT2D eigenvalue weighted by atomic mass is 10.4. The molecule has 0 aromatic carbocycles. The van der Waals surface area contributed by atoms with Crippen molar-refractivity contribution in [3.8, 4) is 0 Å². The monoisotopic (exact) mass is 256 g/mol. The molecule has 6 nitrogen and oxygen atoms in total. The summed E-state index contributed by atoms with van der Waals surface area (Å²) in [5, 5.41) is 15.5. The Kier molecular flexibility index (Phi) is 2.32. The maximum atomic E-state index is 4.28. The zero-order chi connectivity index (χ0) is 10.1. The molecule has 0 bridgehead atoms. The van der Waals surface area contributed by atoms with E-state index in [1.165, 1.54) is 0 Å². The second kappa shape index (κ2) is 3.49. The van der Waals surface area contributed by atoms with Crippen LogP contribution in [-0.4, -0.2) is 30.0 Å². The van der Waals surface area contributed by atoms with Gasteiger partial charge in [0.25, 0.3) is 0 Å². The van der Waals surface area contributed by atoms with E-state index < -0.39 is 0 Å². The highest BCUT2D eigenvalue weighted by Gasteiger charge is 2.08. The smallest absolute Gasteiger partial charge is 0.148 e. The minimum absolute atomic E-state index is 0.584. The van der Waals surface area contributed by atoms with Gasteiger partial charge in [-0.25, -0.2) is 4.68 Å². The van der Waals surface area contributed by atoms with Crippen LogP contribution in [0.15, 0.2) is 10.7 Å². The van der Waals surface area contributed by atoms with Crippen molar-refractivity contribution >= 4 is 15.9 Å². The molecular weight excluding hydrogens is 248 g/mol. The lowest BCUT2D eigenvalue weighted by Crippen LogP contribution is -2.05. The van der Waals surface area contributed by atoms with Crippen LogP contribution < -0.4 is 0 Å². The van der Waals surface area contributed by atoms with Gasteiger partial charge in [-0.2, -0.15) is 5.10 Å². The highest BCUT2D eigenvalue weighted by Crippen LogP contribution is 2.15. The van der Waals surface area contributed by atoms with Gasteiger partial charge in [0.05, 0.1) is 16.7 Å². The Bertz CT molecular complexity index is 445. The van der Waals surface area contributed by atoms with Gasteiger partial charge in [0, 0.05) is 13.2 Å². The van der Waals surface area contributed by atoms with Crippen LogP contribution in [-0.2, 0) is 13.6 Å². The minimum Gasteiger partial charge on any atom is -0.274 e. The Morgan fingerprint density at radius 1 is 1.50 bits per heavy atom. The average Bonchev–Trinajstić information content (AvgIpc) is 2.62. The molecule has 2 heterocycles. The van der Waals surface area contributed by atoms with E-state index in [1.807, 2.05) is 20.2 Å². The molecule has 0 radical (unpaired) electrons. The molecule has 0 amide bonds. The molecule has 2 aromatic rings. The molecule has 0 N–H and O–H groups in total. The number of nitrogens with zero attached hydrogens (tertiary/aromatic N) is 6. The van der Waals surface area contributed by atoms with Gasteiger partial charge in [-0.15, -0.1) is 5.10 Å². The van der Waals surface area contributed by atoms with E-state index in [2.05, 4.69) is 36.6 Å². The quantitative estimate of drug-likeness (QED) is 0.787. The van der Waals surface area contributed by atoms with Crippen molar-refractivity contribution in [1.82, 2.24) is 30.0 Å². The van der Waals surface area contributed by atoms with Crippen molar-refractivity contribution in [3.05, 3.63) is 22.2 Å². The maximum Gasteiger partial charge on any atom is 0.148 e. The minimum atomic E-state index is 0.584. The summed E-state index contributed by atoms with van der Waals surface area (Å²) in [5.41, 5.74) is 0.919. The first-order chi connectivity index (χ1) is 6.66. The molecule has 0 atom stereocenters. The highest BCUT2D eigenvalue weighted by atomic mass is 79.9. The van der Waals surface area contributed by atoms with Crippen molar-refractivity contribution in [3.63, 3.8) is 0 Å². The molecular formula is C7H9BrN6. The molecule has 0 aliphatic rings. The lowest BCUT2D eigenvalue weighted by Gasteiger charge is -1.98. The third kappa shape index (κ3) is 1.67. The average molecular weight is 257 g/mol. The standard InChI is InChI=1S/C7H9BrN6/c1-5-9-11-12-14(5)4-7-6(8)3-13(2)10-7/h3H,4H2,1-2H3. The van der Waals surface area contributed by atoms with E-state index in [0.717, 1.165) is 16.0 Å². The molecule has 0 saturated carbocycles. The second-order valence-electron chi connectivity index (χ2n) is 2.98. The zero-order valence-electron chi connectivity index (χ0n) is 7.85. The highest BCUT2D eigenvalue weighted by molar-refractivity contribution is 9.10. The fraction of sp³-hybridized carbons (Fsp3) is 0.429. The molecule has 0 aliphatic heterocycles. The fourth-order valence-corrected chi connectivity index (χ4v) is 1.65. The predicted octanol–water partition coefficient (Wildman–Crippen LogP) is 0.526. The van der Waals surface area contributed by atoms with Crippen molar-refractivity contribution in [2.24, 2.45) is 7.05 Å². The van der Waals surface area contributed by atoms with Crippen molar-refractivity contribution < 1.29 is 0 Å². The third-order valence-corrected chi connectivity index (χ3v) is 2.53. The summed E-state index contributed by atoms with van der Waals surface area (Å²) in [6.07, 6.45) is 1.90. The topological polar surface area (TPSA) is 61.4 Å². The zero-order valence-corrected chi connectivity index (χ0v) is 9.43. The SMILES string of the molecule is Cc1nnnn1Cc1nn(C)cc1Br. The molecule has 2 aromatic heterocycles. The van der Waals surface area contributed by atoms with E-state index in [1.54, 1.807) is 9.36 Å². The summed E-state index contributed by atoms with van der Waals surface area (Å²) >= 11 is 3.42. The number of hydrogen-bond acceptors (Lipinski definition) is 4. The third-order valence-electron chi connectivity index (χ3n) is 1.86. The molecule has 14 heavy (non-hydrogen) atoms. The van der Waals surface area contributed by atoms with Gasteiger partial charge in [-0.1, -0.05) is 0 Å². The van der Waals surface area contributed by atoms with Crippen LogP contribution in [0.2, 0.25) is 0 Å². The number of halogens is 1. The van der Waals surface area contributed by atoms with E-state index in [9.17, 15) is 0 Å². The van der Waals surface area contributed by atoms with E-state index in [0.29, 0.717) is 6.54 Å². The van der Waals surface area contributed by atoms with Crippen molar-refractivity contribution in [2.75, 3.05) is 0 Å². The summed E-state index contributed by atoms with van der Waals surface area (Å²) in [6, 6.07) is 0. The van der Waals surface area contributed by atoms with Gasteiger partial charge < -0.3 is 0 Å². The number of aromatic nitrogens is 6. The normalized spacial score (nSPS) is 10.8. The first-order valence-corrected chi connectivity index (χ1v) is 4.87. The van der Waals surface area contributed by atoms with Gasteiger partial charge in [0.1, 0.15) is 5.82 Å². The van der Waals surface area contributed by atoms with Crippen LogP contribution in [0, 0.1) is 6.92 Å². The summed E-state index contributed by atoms with van der Waals surface area (Å²) in [4.78, 5) is 0. The molecule has 0 spiro atoms. The Morgan fingerprint density at radius 3 is 2.79 bits per heavy atom. The van der Waals surface area contributed by atoms with E-state index in [4.69, 9.17) is 0 Å². The molecule has 74 valence electrons. The summed E-state index contributed by atoms with van der Waals surface area (Å²) in [6.45, 7) is 2.44. The number of hydrogen-bond donors (Lipinski definition) is 0. The summed E-state index contributed by atoms with van der Waals surface area (Å²) < 4.78 is 4.42. The van der Waals surface area contributed by atoms with Gasteiger partial charge in [-0.05, 0) is 33.3 Å². The summed E-state index contributed by atoms with van der Waals surface area (Å²) in [5.74, 6) is 0.780. The van der Waals surface area contributed by atoms with Crippen LogP contribution in [0.3, 0.4) is 0 Å². The van der Waals surface area contributed by atoms with Crippen molar-refractivity contribution in [1.29, 1.82) is 0 Å². The van der Waals surface area contributed by atoms with E-state index in [-0.39, 0.29) is 0 Å². The Hall–Kier alpha value is -1.24. The molecule has 7 heteroatoms. The van der Waals surface area contributed by atoms with Crippen LogP contribution in [0.1, 0.15) is 11.5 Å². The van der Waals surface area contributed by atoms with Gasteiger partial charge in [0.15, 0.2) is 0 Å². The number of rotatable bonds is 2. The van der Waals surface area contributed by atoms with Gasteiger partial charge in [-0.3, -0.25) is 4.68 Å². The van der Waals surface area contributed by atoms with Gasteiger partial charge >= 0.3 is 0 Å².